The van der Waals surface area contributed by atoms with E-state index >= 15 is 0 Å². The highest BCUT2D eigenvalue weighted by Gasteiger charge is 2.08. The molecule has 3 rings (SSSR count). The summed E-state index contributed by atoms with van der Waals surface area (Å²) in [5.74, 6) is -0.457. The first-order valence-electron chi connectivity index (χ1n) is 6.07. The van der Waals surface area contributed by atoms with E-state index < -0.39 is 0 Å². The lowest BCUT2D eigenvalue weighted by molar-refractivity contribution is 0.0992. The molecule has 3 aromatic rings. The van der Waals surface area contributed by atoms with E-state index in [9.17, 15) is 9.18 Å². The van der Waals surface area contributed by atoms with E-state index in [1.54, 1.807) is 12.1 Å². The Bertz CT molecular complexity index is 745. The van der Waals surface area contributed by atoms with E-state index in [0.29, 0.717) is 5.56 Å². The van der Waals surface area contributed by atoms with E-state index in [-0.39, 0.29) is 18.0 Å². The van der Waals surface area contributed by atoms with Gasteiger partial charge in [0.2, 0.25) is 0 Å². The number of halogens is 1. The molecule has 1 heterocycles. The van der Waals surface area contributed by atoms with Gasteiger partial charge in [0.15, 0.2) is 5.78 Å². The Balaban J connectivity index is 1.86. The fourth-order valence-electron chi connectivity index (χ4n) is 2.16. The summed E-state index contributed by atoms with van der Waals surface area (Å²) in [6, 6.07) is 13.6. The second-order valence-corrected chi connectivity index (χ2v) is 4.51. The Morgan fingerprint density at radius 3 is 2.84 bits per heavy atom. The minimum absolute atomic E-state index is 0.0746. The van der Waals surface area contributed by atoms with Gasteiger partial charge in [0, 0.05) is 23.7 Å². The van der Waals surface area contributed by atoms with Gasteiger partial charge < -0.3 is 4.98 Å². The molecule has 1 aromatic heterocycles. The number of Topliss-reactive ketones (excluding diaryl/α,β-unsaturated/α-hetero) is 1. The van der Waals surface area contributed by atoms with Crippen molar-refractivity contribution in [2.75, 3.05) is 0 Å². The van der Waals surface area contributed by atoms with Crippen molar-refractivity contribution in [1.82, 2.24) is 4.98 Å². The molecule has 2 aromatic carbocycles. The summed E-state index contributed by atoms with van der Waals surface area (Å²) in [4.78, 5) is 15.2. The molecular formula is C16H12FNO. The normalized spacial score (nSPS) is 10.8. The van der Waals surface area contributed by atoms with Crippen molar-refractivity contribution in [3.63, 3.8) is 0 Å². The third-order valence-corrected chi connectivity index (χ3v) is 3.13. The van der Waals surface area contributed by atoms with Crippen LogP contribution in [0.1, 0.15) is 15.9 Å². The number of H-pyrrole nitrogens is 1. The number of hydrogen-bond acceptors (Lipinski definition) is 1. The lowest BCUT2D eigenvalue weighted by atomic mass is 10.0. The van der Waals surface area contributed by atoms with Crippen molar-refractivity contribution in [2.24, 2.45) is 0 Å². The van der Waals surface area contributed by atoms with Crippen LogP contribution in [-0.4, -0.2) is 10.8 Å². The standard InChI is InChI=1S/C16H12FNO/c17-14-3-1-2-13(10-14)16(19)9-11-4-5-15-12(8-11)6-7-18-15/h1-8,10,18H,9H2. The molecule has 0 aliphatic heterocycles. The summed E-state index contributed by atoms with van der Waals surface area (Å²) < 4.78 is 13.1. The number of fused-ring (bicyclic) bond motifs is 1. The first kappa shape index (κ1) is 11.7. The molecule has 0 spiro atoms. The zero-order valence-corrected chi connectivity index (χ0v) is 10.2. The Morgan fingerprint density at radius 2 is 2.00 bits per heavy atom. The first-order valence-corrected chi connectivity index (χ1v) is 6.07. The second-order valence-electron chi connectivity index (χ2n) is 4.51. The minimum Gasteiger partial charge on any atom is -0.361 e. The Morgan fingerprint density at radius 1 is 1.11 bits per heavy atom. The summed E-state index contributed by atoms with van der Waals surface area (Å²) >= 11 is 0. The molecule has 2 nitrogen and oxygen atoms in total. The number of carbonyl (C=O) groups is 1. The molecule has 0 amide bonds. The van der Waals surface area contributed by atoms with Crippen LogP contribution in [0.5, 0.6) is 0 Å². The van der Waals surface area contributed by atoms with Gasteiger partial charge in [-0.2, -0.15) is 0 Å². The third kappa shape index (κ3) is 2.40. The molecule has 0 unspecified atom stereocenters. The van der Waals surface area contributed by atoms with Crippen LogP contribution in [0.15, 0.2) is 54.7 Å². The number of benzene rings is 2. The highest BCUT2D eigenvalue weighted by atomic mass is 19.1. The maximum absolute atomic E-state index is 13.1. The summed E-state index contributed by atoms with van der Waals surface area (Å²) in [7, 11) is 0. The van der Waals surface area contributed by atoms with Crippen LogP contribution in [0, 0.1) is 5.82 Å². The molecule has 0 atom stereocenters. The second kappa shape index (κ2) is 4.69. The third-order valence-electron chi connectivity index (χ3n) is 3.13. The maximum atomic E-state index is 13.1. The van der Waals surface area contributed by atoms with Gasteiger partial charge in [0.25, 0.3) is 0 Å². The molecule has 0 saturated heterocycles. The Hall–Kier alpha value is -2.42. The quantitative estimate of drug-likeness (QED) is 0.709. The van der Waals surface area contributed by atoms with E-state index in [1.165, 1.54) is 12.1 Å². The van der Waals surface area contributed by atoms with Crippen molar-refractivity contribution in [3.8, 4) is 0 Å². The van der Waals surface area contributed by atoms with E-state index in [4.69, 9.17) is 0 Å². The number of carbonyl (C=O) groups excluding carboxylic acids is 1. The number of aromatic amines is 1. The first-order chi connectivity index (χ1) is 9.22. The molecule has 1 N–H and O–H groups in total. The number of aromatic nitrogens is 1. The average molecular weight is 253 g/mol. The molecule has 0 aliphatic rings. The molecule has 3 heteroatoms. The molecule has 0 aliphatic carbocycles. The predicted molar refractivity (Wildman–Crippen MR) is 72.7 cm³/mol. The highest BCUT2D eigenvalue weighted by molar-refractivity contribution is 5.98. The molecular weight excluding hydrogens is 241 g/mol. The van der Waals surface area contributed by atoms with Gasteiger partial charge in [-0.15, -0.1) is 0 Å². The summed E-state index contributed by atoms with van der Waals surface area (Å²) in [6.07, 6.45) is 2.15. The maximum Gasteiger partial charge on any atom is 0.167 e. The van der Waals surface area contributed by atoms with E-state index in [0.717, 1.165) is 16.5 Å². The molecule has 0 radical (unpaired) electrons. The summed E-state index contributed by atoms with van der Waals surface area (Å²) in [5, 5.41) is 1.07. The van der Waals surface area contributed by atoms with Crippen molar-refractivity contribution in [2.45, 2.75) is 6.42 Å². The molecule has 19 heavy (non-hydrogen) atoms. The van der Waals surface area contributed by atoms with E-state index in [1.807, 2.05) is 30.5 Å². The number of ketones is 1. The van der Waals surface area contributed by atoms with Crippen LogP contribution in [0.25, 0.3) is 10.9 Å². The Kier molecular flexibility index (Phi) is 2.88. The predicted octanol–water partition coefficient (Wildman–Crippen LogP) is 3.73. The van der Waals surface area contributed by atoms with Gasteiger partial charge in [-0.1, -0.05) is 18.2 Å². The fourth-order valence-corrected chi connectivity index (χ4v) is 2.16. The van der Waals surface area contributed by atoms with Crippen LogP contribution in [-0.2, 0) is 6.42 Å². The van der Waals surface area contributed by atoms with Gasteiger partial charge >= 0.3 is 0 Å². The number of rotatable bonds is 3. The van der Waals surface area contributed by atoms with Crippen molar-refractivity contribution >= 4 is 16.7 Å². The van der Waals surface area contributed by atoms with Crippen molar-refractivity contribution in [3.05, 3.63) is 71.7 Å². The number of nitrogens with one attached hydrogen (secondary N) is 1. The van der Waals surface area contributed by atoms with Crippen LogP contribution >= 0.6 is 0 Å². The number of hydrogen-bond donors (Lipinski definition) is 1. The van der Waals surface area contributed by atoms with Crippen molar-refractivity contribution < 1.29 is 9.18 Å². The Labute approximate surface area is 109 Å². The average Bonchev–Trinajstić information content (AvgIpc) is 2.86. The smallest absolute Gasteiger partial charge is 0.167 e. The largest absolute Gasteiger partial charge is 0.361 e. The fraction of sp³-hybridized carbons (Fsp3) is 0.0625. The van der Waals surface area contributed by atoms with Crippen LogP contribution < -0.4 is 0 Å². The zero-order chi connectivity index (χ0) is 13.2. The molecule has 0 fully saturated rings. The molecule has 0 bridgehead atoms. The van der Waals surface area contributed by atoms with Gasteiger partial charge in [-0.25, -0.2) is 4.39 Å². The topological polar surface area (TPSA) is 32.9 Å². The molecule has 0 saturated carbocycles. The summed E-state index contributed by atoms with van der Waals surface area (Å²) in [6.45, 7) is 0. The van der Waals surface area contributed by atoms with Gasteiger partial charge in [0.1, 0.15) is 5.82 Å². The van der Waals surface area contributed by atoms with Gasteiger partial charge in [-0.3, -0.25) is 4.79 Å². The van der Waals surface area contributed by atoms with Crippen LogP contribution in [0.3, 0.4) is 0 Å². The summed E-state index contributed by atoms with van der Waals surface area (Å²) in [5.41, 5.74) is 2.39. The highest BCUT2D eigenvalue weighted by Crippen LogP contribution is 2.16. The monoisotopic (exact) mass is 253 g/mol. The SMILES string of the molecule is O=C(Cc1ccc2[nH]ccc2c1)c1cccc(F)c1. The van der Waals surface area contributed by atoms with Crippen LogP contribution in [0.4, 0.5) is 4.39 Å². The molecule has 94 valence electrons. The lowest BCUT2D eigenvalue weighted by Gasteiger charge is -2.02. The van der Waals surface area contributed by atoms with E-state index in [2.05, 4.69) is 4.98 Å². The minimum atomic E-state index is -0.382. The zero-order valence-electron chi connectivity index (χ0n) is 10.2. The van der Waals surface area contributed by atoms with Crippen LogP contribution in [0.2, 0.25) is 0 Å². The van der Waals surface area contributed by atoms with Gasteiger partial charge in [0.05, 0.1) is 0 Å². The lowest BCUT2D eigenvalue weighted by Crippen LogP contribution is -2.03. The van der Waals surface area contributed by atoms with Gasteiger partial charge in [-0.05, 0) is 41.3 Å². The van der Waals surface area contributed by atoms with Crippen molar-refractivity contribution in [1.29, 1.82) is 0 Å².